The summed E-state index contributed by atoms with van der Waals surface area (Å²) < 4.78 is 0.858. The normalized spacial score (nSPS) is 18.9. The van der Waals surface area contributed by atoms with Crippen molar-refractivity contribution in [3.05, 3.63) is 34.3 Å². The van der Waals surface area contributed by atoms with Gasteiger partial charge in [-0.2, -0.15) is 0 Å². The number of hydrogen-bond donors (Lipinski definition) is 1. The summed E-state index contributed by atoms with van der Waals surface area (Å²) in [7, 11) is 0. The molecule has 2 rings (SSSR count). The molecule has 0 spiro atoms. The molecule has 0 bridgehead atoms. The highest BCUT2D eigenvalue weighted by Crippen LogP contribution is 2.22. The summed E-state index contributed by atoms with van der Waals surface area (Å²) in [5.41, 5.74) is 6.35. The van der Waals surface area contributed by atoms with Crippen molar-refractivity contribution in [3.63, 3.8) is 0 Å². The third-order valence-corrected chi connectivity index (χ3v) is 3.70. The van der Waals surface area contributed by atoms with E-state index in [1.165, 1.54) is 0 Å². The van der Waals surface area contributed by atoms with Crippen molar-refractivity contribution in [2.45, 2.75) is 6.42 Å². The van der Waals surface area contributed by atoms with Crippen LogP contribution in [0.3, 0.4) is 0 Å². The van der Waals surface area contributed by atoms with Gasteiger partial charge in [0.2, 0.25) is 0 Å². The van der Waals surface area contributed by atoms with Gasteiger partial charge in [0, 0.05) is 17.6 Å². The maximum Gasteiger partial charge on any atom is 0.255 e. The van der Waals surface area contributed by atoms with Gasteiger partial charge < -0.3 is 10.6 Å². The number of nitrogens with zero attached hydrogens (tertiary/aromatic N) is 1. The van der Waals surface area contributed by atoms with Crippen molar-refractivity contribution in [1.29, 1.82) is 0 Å². The molecule has 17 heavy (non-hydrogen) atoms. The summed E-state index contributed by atoms with van der Waals surface area (Å²) >= 11 is 3.40. The SMILES string of the molecule is Cl.NCC1CCN(C(=O)c2ccccc2Br)C1. The molecule has 1 fully saturated rings. The molecule has 3 nitrogen and oxygen atoms in total. The van der Waals surface area contributed by atoms with Crippen molar-refractivity contribution < 1.29 is 4.79 Å². The van der Waals surface area contributed by atoms with E-state index < -0.39 is 0 Å². The maximum absolute atomic E-state index is 12.2. The van der Waals surface area contributed by atoms with Gasteiger partial charge in [0.25, 0.3) is 5.91 Å². The van der Waals surface area contributed by atoms with Crippen LogP contribution in [-0.4, -0.2) is 30.4 Å². The molecular formula is C12H16BrClN2O. The van der Waals surface area contributed by atoms with Crippen LogP contribution in [0.1, 0.15) is 16.8 Å². The fraction of sp³-hybridized carbons (Fsp3) is 0.417. The lowest BCUT2D eigenvalue weighted by Crippen LogP contribution is -2.30. The minimum Gasteiger partial charge on any atom is -0.338 e. The molecule has 94 valence electrons. The highest BCUT2D eigenvalue weighted by Gasteiger charge is 2.26. The molecule has 1 aliphatic rings. The number of rotatable bonds is 2. The lowest BCUT2D eigenvalue weighted by atomic mass is 10.1. The summed E-state index contributed by atoms with van der Waals surface area (Å²) in [4.78, 5) is 14.1. The maximum atomic E-state index is 12.2. The summed E-state index contributed by atoms with van der Waals surface area (Å²) in [6.45, 7) is 2.28. The average Bonchev–Trinajstić information content (AvgIpc) is 2.77. The third kappa shape index (κ3) is 3.21. The monoisotopic (exact) mass is 318 g/mol. The quantitative estimate of drug-likeness (QED) is 0.909. The molecule has 0 aliphatic carbocycles. The van der Waals surface area contributed by atoms with Gasteiger partial charge in [-0.05, 0) is 46.9 Å². The number of carbonyl (C=O) groups excluding carboxylic acids is 1. The first-order chi connectivity index (χ1) is 7.72. The second-order valence-corrected chi connectivity index (χ2v) is 4.98. The lowest BCUT2D eigenvalue weighted by molar-refractivity contribution is 0.0787. The zero-order valence-corrected chi connectivity index (χ0v) is 11.8. The first kappa shape index (κ1) is 14.5. The number of likely N-dealkylation sites (tertiary alicyclic amines) is 1. The fourth-order valence-corrected chi connectivity index (χ4v) is 2.47. The van der Waals surface area contributed by atoms with Crippen molar-refractivity contribution in [2.24, 2.45) is 11.7 Å². The van der Waals surface area contributed by atoms with Crippen molar-refractivity contribution >= 4 is 34.2 Å². The Bertz CT molecular complexity index is 400. The predicted octanol–water partition coefficient (Wildman–Crippen LogP) is 2.29. The smallest absolute Gasteiger partial charge is 0.255 e. The zero-order chi connectivity index (χ0) is 11.5. The summed E-state index contributed by atoms with van der Waals surface area (Å²) in [5, 5.41) is 0. The molecule has 1 unspecified atom stereocenters. The number of nitrogens with two attached hydrogens (primary N) is 1. The van der Waals surface area contributed by atoms with E-state index in [2.05, 4.69) is 15.9 Å². The predicted molar refractivity (Wildman–Crippen MR) is 74.5 cm³/mol. The Morgan fingerprint density at radius 2 is 2.18 bits per heavy atom. The van der Waals surface area contributed by atoms with Gasteiger partial charge in [-0.1, -0.05) is 12.1 Å². The van der Waals surface area contributed by atoms with Crippen LogP contribution in [0.15, 0.2) is 28.7 Å². The van der Waals surface area contributed by atoms with E-state index in [4.69, 9.17) is 5.73 Å². The third-order valence-electron chi connectivity index (χ3n) is 3.01. The highest BCUT2D eigenvalue weighted by molar-refractivity contribution is 9.10. The lowest BCUT2D eigenvalue weighted by Gasteiger charge is -2.17. The zero-order valence-electron chi connectivity index (χ0n) is 9.43. The Hall–Kier alpha value is -0.580. The van der Waals surface area contributed by atoms with Crippen LogP contribution in [-0.2, 0) is 0 Å². The van der Waals surface area contributed by atoms with Crippen LogP contribution >= 0.6 is 28.3 Å². The summed E-state index contributed by atoms with van der Waals surface area (Å²) in [6.07, 6.45) is 1.02. The number of halogens is 2. The van der Waals surface area contributed by atoms with Crippen molar-refractivity contribution in [1.82, 2.24) is 4.90 Å². The molecule has 1 atom stereocenters. The Morgan fingerprint density at radius 3 is 2.76 bits per heavy atom. The van der Waals surface area contributed by atoms with Gasteiger partial charge in [-0.25, -0.2) is 0 Å². The van der Waals surface area contributed by atoms with Crippen LogP contribution < -0.4 is 5.73 Å². The van der Waals surface area contributed by atoms with E-state index in [9.17, 15) is 4.79 Å². The molecule has 1 saturated heterocycles. The first-order valence-electron chi connectivity index (χ1n) is 5.46. The molecule has 1 aromatic rings. The van der Waals surface area contributed by atoms with E-state index in [0.29, 0.717) is 12.5 Å². The second-order valence-electron chi connectivity index (χ2n) is 4.12. The van der Waals surface area contributed by atoms with Gasteiger partial charge in [-0.15, -0.1) is 12.4 Å². The Labute approximate surface area is 116 Å². The van der Waals surface area contributed by atoms with Crippen molar-refractivity contribution in [2.75, 3.05) is 19.6 Å². The van der Waals surface area contributed by atoms with Crippen molar-refractivity contribution in [3.8, 4) is 0 Å². The standard InChI is InChI=1S/C12H15BrN2O.ClH/c13-11-4-2-1-3-10(11)12(16)15-6-5-9(7-14)8-15;/h1-4,9H,5-8,14H2;1H. The van der Waals surface area contributed by atoms with Gasteiger partial charge in [-0.3, -0.25) is 4.79 Å². The Kier molecular flexibility index (Phi) is 5.43. The molecule has 0 aromatic heterocycles. The van der Waals surface area contributed by atoms with E-state index in [1.807, 2.05) is 29.2 Å². The van der Waals surface area contributed by atoms with E-state index >= 15 is 0 Å². The number of benzene rings is 1. The largest absolute Gasteiger partial charge is 0.338 e. The van der Waals surface area contributed by atoms with Gasteiger partial charge in [0.05, 0.1) is 5.56 Å². The van der Waals surface area contributed by atoms with Crippen LogP contribution in [0.2, 0.25) is 0 Å². The van der Waals surface area contributed by atoms with Crippen LogP contribution in [0.5, 0.6) is 0 Å². The van der Waals surface area contributed by atoms with Gasteiger partial charge >= 0.3 is 0 Å². The summed E-state index contributed by atoms with van der Waals surface area (Å²) in [6, 6.07) is 7.54. The van der Waals surface area contributed by atoms with E-state index in [-0.39, 0.29) is 18.3 Å². The van der Waals surface area contributed by atoms with Crippen LogP contribution in [0.4, 0.5) is 0 Å². The molecule has 5 heteroatoms. The molecule has 0 saturated carbocycles. The molecule has 1 aliphatic heterocycles. The molecule has 1 heterocycles. The molecular weight excluding hydrogens is 304 g/mol. The average molecular weight is 320 g/mol. The fourth-order valence-electron chi connectivity index (χ4n) is 2.01. The van der Waals surface area contributed by atoms with E-state index in [0.717, 1.165) is 29.5 Å². The first-order valence-corrected chi connectivity index (χ1v) is 6.25. The topological polar surface area (TPSA) is 46.3 Å². The Morgan fingerprint density at radius 1 is 1.47 bits per heavy atom. The second kappa shape index (κ2) is 6.38. The van der Waals surface area contributed by atoms with Crippen LogP contribution in [0, 0.1) is 5.92 Å². The Balaban J connectivity index is 0.00000144. The molecule has 1 amide bonds. The van der Waals surface area contributed by atoms with Crippen LogP contribution in [0.25, 0.3) is 0 Å². The summed E-state index contributed by atoms with van der Waals surface area (Å²) in [5.74, 6) is 0.565. The number of hydrogen-bond acceptors (Lipinski definition) is 2. The highest BCUT2D eigenvalue weighted by atomic mass is 79.9. The molecule has 0 radical (unpaired) electrons. The minimum atomic E-state index is 0. The molecule has 2 N–H and O–H groups in total. The number of carbonyl (C=O) groups is 1. The van der Waals surface area contributed by atoms with Gasteiger partial charge in [0.15, 0.2) is 0 Å². The minimum absolute atomic E-state index is 0. The van der Waals surface area contributed by atoms with Gasteiger partial charge in [0.1, 0.15) is 0 Å². The van der Waals surface area contributed by atoms with E-state index in [1.54, 1.807) is 0 Å². The number of amides is 1. The molecule has 1 aromatic carbocycles.